The van der Waals surface area contributed by atoms with Crippen LogP contribution in [0.1, 0.15) is 11.3 Å². The van der Waals surface area contributed by atoms with Gasteiger partial charge in [0.1, 0.15) is 5.52 Å². The fraction of sp³-hybridized carbons (Fsp3) is 0.381. The minimum atomic E-state index is -4.62. The average Bonchev–Trinajstić information content (AvgIpc) is 3.39. The third-order valence-corrected chi connectivity index (χ3v) is 5.66. The molecule has 10 heteroatoms. The maximum atomic E-state index is 14.0. The lowest BCUT2D eigenvalue weighted by molar-refractivity contribution is -0.139. The summed E-state index contributed by atoms with van der Waals surface area (Å²) in [5, 5.41) is 3.97. The van der Waals surface area contributed by atoms with E-state index < -0.39 is 11.9 Å². The van der Waals surface area contributed by atoms with E-state index in [9.17, 15) is 13.2 Å². The number of H-pyrrole nitrogens is 1. The Morgan fingerprint density at radius 2 is 1.90 bits per heavy atom. The average molecular weight is 429 g/mol. The van der Waals surface area contributed by atoms with Crippen molar-refractivity contribution in [3.05, 3.63) is 41.9 Å². The molecule has 31 heavy (non-hydrogen) atoms. The fourth-order valence-electron chi connectivity index (χ4n) is 4.16. The Balaban J connectivity index is 1.75. The van der Waals surface area contributed by atoms with E-state index in [2.05, 4.69) is 30.2 Å². The van der Waals surface area contributed by atoms with Gasteiger partial charge in [0, 0.05) is 57.0 Å². The van der Waals surface area contributed by atoms with Gasteiger partial charge in [-0.15, -0.1) is 0 Å². The molecule has 2 N–H and O–H groups in total. The van der Waals surface area contributed by atoms with Crippen molar-refractivity contribution < 1.29 is 13.2 Å². The number of imidazole rings is 2. The van der Waals surface area contributed by atoms with Crippen LogP contribution in [0.3, 0.4) is 0 Å². The topological polar surface area (TPSA) is 74.7 Å². The van der Waals surface area contributed by atoms with Crippen molar-refractivity contribution >= 4 is 21.9 Å². The van der Waals surface area contributed by atoms with E-state index in [0.29, 0.717) is 41.2 Å². The molecule has 0 aliphatic carbocycles. The zero-order chi connectivity index (χ0) is 21.6. The molecule has 162 valence electrons. The molecule has 1 aliphatic heterocycles. The second kappa shape index (κ2) is 7.61. The van der Waals surface area contributed by atoms with Gasteiger partial charge >= 0.3 is 6.18 Å². The van der Waals surface area contributed by atoms with E-state index in [0.717, 1.165) is 31.7 Å². The molecule has 1 saturated heterocycles. The molecule has 1 aromatic carbocycles. The quantitative estimate of drug-likeness (QED) is 0.521. The summed E-state index contributed by atoms with van der Waals surface area (Å²) in [6, 6.07) is 5.40. The normalized spacial score (nSPS) is 15.9. The van der Waals surface area contributed by atoms with Gasteiger partial charge in [0.05, 0.1) is 11.0 Å². The number of aromatic nitrogens is 5. The highest BCUT2D eigenvalue weighted by atomic mass is 19.4. The number of hydrogen-bond donors (Lipinski definition) is 2. The van der Waals surface area contributed by atoms with Crippen LogP contribution in [-0.2, 0) is 12.7 Å². The van der Waals surface area contributed by atoms with Crippen LogP contribution in [0.25, 0.3) is 33.6 Å². The summed E-state index contributed by atoms with van der Waals surface area (Å²) in [5.74, 6) is 0.820. The first-order valence-corrected chi connectivity index (χ1v) is 10.2. The lowest BCUT2D eigenvalue weighted by Gasteiger charge is -2.27. The second-order valence-electron chi connectivity index (χ2n) is 7.79. The Morgan fingerprint density at radius 1 is 1.10 bits per heavy atom. The van der Waals surface area contributed by atoms with Gasteiger partial charge in [0.25, 0.3) is 0 Å². The first-order chi connectivity index (χ1) is 14.9. The minimum absolute atomic E-state index is 0.143. The Bertz CT molecular complexity index is 1220. The summed E-state index contributed by atoms with van der Waals surface area (Å²) in [7, 11) is 0. The molecule has 1 aliphatic rings. The summed E-state index contributed by atoms with van der Waals surface area (Å²) < 4.78 is 43.7. The van der Waals surface area contributed by atoms with Gasteiger partial charge in [-0.3, -0.25) is 4.90 Å². The number of aromatic amines is 1. The molecule has 4 aromatic rings. The maximum Gasteiger partial charge on any atom is 0.435 e. The molecule has 4 heterocycles. The van der Waals surface area contributed by atoms with Gasteiger partial charge in [-0.05, 0) is 18.6 Å². The number of alkyl halides is 3. The van der Waals surface area contributed by atoms with Crippen LogP contribution in [0, 0.1) is 6.92 Å². The Hall–Kier alpha value is -2.98. The molecule has 0 saturated carbocycles. The zero-order valence-corrected chi connectivity index (χ0v) is 17.0. The van der Waals surface area contributed by atoms with Crippen molar-refractivity contribution in [3.63, 3.8) is 0 Å². The van der Waals surface area contributed by atoms with Crippen molar-refractivity contribution in [2.24, 2.45) is 0 Å². The predicted molar refractivity (Wildman–Crippen MR) is 112 cm³/mol. The lowest BCUT2D eigenvalue weighted by Crippen LogP contribution is -2.44. The van der Waals surface area contributed by atoms with Crippen molar-refractivity contribution in [2.45, 2.75) is 19.6 Å². The Labute approximate surface area is 176 Å². The maximum absolute atomic E-state index is 14.0. The smallest absolute Gasteiger partial charge is 0.342 e. The largest absolute Gasteiger partial charge is 0.435 e. The number of nitrogens with one attached hydrogen (secondary N) is 2. The van der Waals surface area contributed by atoms with Crippen molar-refractivity contribution in [2.75, 3.05) is 32.7 Å². The van der Waals surface area contributed by atoms with Gasteiger partial charge in [0.15, 0.2) is 17.3 Å². The van der Waals surface area contributed by atoms with Crippen LogP contribution in [0.2, 0.25) is 0 Å². The molecule has 1 fully saturated rings. The number of pyridine rings is 1. The number of nitrogens with zero attached hydrogens (tertiary/aromatic N) is 5. The number of piperazine rings is 1. The first kappa shape index (κ1) is 20.0. The fourth-order valence-corrected chi connectivity index (χ4v) is 4.16. The molecule has 7 nitrogen and oxygen atoms in total. The summed E-state index contributed by atoms with van der Waals surface area (Å²) in [4.78, 5) is 17.9. The summed E-state index contributed by atoms with van der Waals surface area (Å²) in [6.07, 6.45) is -1.41. The number of halogens is 3. The van der Waals surface area contributed by atoms with Gasteiger partial charge in [-0.2, -0.15) is 13.2 Å². The van der Waals surface area contributed by atoms with E-state index in [1.807, 2.05) is 23.6 Å². The molecule has 0 amide bonds. The van der Waals surface area contributed by atoms with E-state index in [1.165, 1.54) is 0 Å². The third kappa shape index (κ3) is 3.66. The van der Waals surface area contributed by atoms with Crippen LogP contribution >= 0.6 is 0 Å². The molecule has 0 unspecified atom stereocenters. The standard InChI is InChI=1S/C21H22F3N7/c1-13-2-3-14-15(12-13)28-18(21(22,23)24)16-17(14)31(11-10-30-8-6-25-7-9-30)20(29-16)19-26-4-5-27-19/h2-5,12,25H,6-11H2,1H3,(H,26,27). The number of hydrogen-bond acceptors (Lipinski definition) is 5. The number of fused-ring (bicyclic) bond motifs is 3. The Kier molecular flexibility index (Phi) is 4.90. The minimum Gasteiger partial charge on any atom is -0.342 e. The van der Waals surface area contributed by atoms with Crippen molar-refractivity contribution in [3.8, 4) is 11.6 Å². The highest BCUT2D eigenvalue weighted by Gasteiger charge is 2.38. The SMILES string of the molecule is Cc1ccc2c(c1)nc(C(F)(F)F)c1nc(-c3ncc[nH]3)n(CCN3CCNCC3)c12. The van der Waals surface area contributed by atoms with E-state index in [-0.39, 0.29) is 5.52 Å². The molecular weight excluding hydrogens is 407 g/mol. The summed E-state index contributed by atoms with van der Waals surface area (Å²) in [6.45, 7) is 6.65. The second-order valence-corrected chi connectivity index (χ2v) is 7.79. The van der Waals surface area contributed by atoms with Crippen LogP contribution in [-0.4, -0.2) is 62.1 Å². The molecule has 0 bridgehead atoms. The number of benzene rings is 1. The molecule has 5 rings (SSSR count). The monoisotopic (exact) mass is 429 g/mol. The lowest BCUT2D eigenvalue weighted by atomic mass is 10.1. The third-order valence-electron chi connectivity index (χ3n) is 5.66. The number of rotatable bonds is 4. The van der Waals surface area contributed by atoms with E-state index in [1.54, 1.807) is 18.5 Å². The van der Waals surface area contributed by atoms with Crippen LogP contribution in [0.4, 0.5) is 13.2 Å². The number of aryl methyl sites for hydroxylation is 1. The molecule has 3 aromatic heterocycles. The first-order valence-electron chi connectivity index (χ1n) is 10.2. The molecule has 0 spiro atoms. The van der Waals surface area contributed by atoms with Crippen molar-refractivity contribution in [1.29, 1.82) is 0 Å². The van der Waals surface area contributed by atoms with Gasteiger partial charge in [-0.1, -0.05) is 12.1 Å². The van der Waals surface area contributed by atoms with E-state index in [4.69, 9.17) is 0 Å². The van der Waals surface area contributed by atoms with E-state index >= 15 is 0 Å². The van der Waals surface area contributed by atoms with Gasteiger partial charge < -0.3 is 14.9 Å². The van der Waals surface area contributed by atoms with Crippen molar-refractivity contribution in [1.82, 2.24) is 34.7 Å². The molecule has 0 atom stereocenters. The van der Waals surface area contributed by atoms with Crippen LogP contribution in [0.15, 0.2) is 30.6 Å². The van der Waals surface area contributed by atoms with Gasteiger partial charge in [-0.25, -0.2) is 15.0 Å². The Morgan fingerprint density at radius 3 is 2.61 bits per heavy atom. The molecular formula is C21H22F3N7. The summed E-state index contributed by atoms with van der Waals surface area (Å²) in [5.41, 5.74) is 0.503. The van der Waals surface area contributed by atoms with Crippen LogP contribution in [0.5, 0.6) is 0 Å². The molecule has 0 radical (unpaired) electrons. The summed E-state index contributed by atoms with van der Waals surface area (Å²) >= 11 is 0. The van der Waals surface area contributed by atoms with Crippen LogP contribution < -0.4 is 5.32 Å². The zero-order valence-electron chi connectivity index (χ0n) is 17.0. The predicted octanol–water partition coefficient (Wildman–Crippen LogP) is 3.21. The van der Waals surface area contributed by atoms with Gasteiger partial charge in [0.2, 0.25) is 0 Å². The highest BCUT2D eigenvalue weighted by Crippen LogP contribution is 2.38. The highest BCUT2D eigenvalue weighted by molar-refractivity contribution is 6.04.